The molecule has 0 aliphatic rings. The molecular weight excluding hydrogens is 282 g/mol. The first-order valence-electron chi connectivity index (χ1n) is 5.83. The van der Waals surface area contributed by atoms with Gasteiger partial charge in [-0.05, 0) is 36.6 Å². The van der Waals surface area contributed by atoms with Crippen LogP contribution in [0, 0.1) is 0 Å². The maximum atomic E-state index is 11.6. The van der Waals surface area contributed by atoms with Crippen LogP contribution in [0.25, 0.3) is 0 Å². The summed E-state index contributed by atoms with van der Waals surface area (Å²) in [4.78, 5) is 11.6. The summed E-state index contributed by atoms with van der Waals surface area (Å²) in [5, 5.41) is 2.86. The van der Waals surface area contributed by atoms with Crippen molar-refractivity contribution in [1.29, 1.82) is 0 Å². The van der Waals surface area contributed by atoms with Gasteiger partial charge in [0, 0.05) is 16.8 Å². The van der Waals surface area contributed by atoms with Gasteiger partial charge in [-0.1, -0.05) is 29.8 Å². The molecule has 0 heterocycles. The van der Waals surface area contributed by atoms with Gasteiger partial charge in [-0.15, -0.1) is 0 Å². The molecule has 1 N–H and O–H groups in total. The highest BCUT2D eigenvalue weighted by atomic mass is 79.9. The van der Waals surface area contributed by atoms with E-state index in [9.17, 15) is 4.79 Å². The van der Waals surface area contributed by atoms with Crippen molar-refractivity contribution in [1.82, 2.24) is 0 Å². The van der Waals surface area contributed by atoms with E-state index in [1.54, 1.807) is 0 Å². The van der Waals surface area contributed by atoms with E-state index in [1.807, 2.05) is 25.1 Å². The Morgan fingerprint density at radius 3 is 2.82 bits per heavy atom. The highest BCUT2D eigenvalue weighted by molar-refractivity contribution is 9.10. The molecule has 0 unspecified atom stereocenters. The van der Waals surface area contributed by atoms with Crippen molar-refractivity contribution >= 4 is 27.5 Å². The molecule has 1 amide bonds. The minimum Gasteiger partial charge on any atom is -0.372 e. The third-order valence-corrected chi connectivity index (χ3v) is 2.80. The molecule has 0 aliphatic carbocycles. The monoisotopic (exact) mass is 299 g/mol. The predicted octanol–water partition coefficient (Wildman–Crippen LogP) is 3.38. The molecule has 4 heteroatoms. The number of rotatable bonds is 6. The number of hydrogen-bond donors (Lipinski definition) is 1. The van der Waals surface area contributed by atoms with Gasteiger partial charge in [-0.3, -0.25) is 4.79 Å². The molecule has 0 spiro atoms. The van der Waals surface area contributed by atoms with Crippen molar-refractivity contribution in [3.8, 4) is 0 Å². The van der Waals surface area contributed by atoms with E-state index < -0.39 is 0 Å². The Kier molecular flexibility index (Phi) is 6.22. The number of ether oxygens (including phenoxy) is 1. The molecule has 0 saturated heterocycles. The molecule has 1 aromatic rings. The Morgan fingerprint density at radius 2 is 2.18 bits per heavy atom. The number of aryl methyl sites for hydroxylation is 1. The summed E-state index contributed by atoms with van der Waals surface area (Å²) in [7, 11) is 0. The van der Waals surface area contributed by atoms with Crippen molar-refractivity contribution < 1.29 is 9.53 Å². The van der Waals surface area contributed by atoms with Gasteiger partial charge in [0.15, 0.2) is 0 Å². The maximum absolute atomic E-state index is 11.6. The third kappa shape index (κ3) is 4.88. The highest BCUT2D eigenvalue weighted by Crippen LogP contribution is 2.21. The third-order valence-electron chi connectivity index (χ3n) is 2.30. The molecule has 0 aliphatic heterocycles. The number of hydrogen-bond acceptors (Lipinski definition) is 2. The van der Waals surface area contributed by atoms with Crippen LogP contribution in [-0.2, 0) is 16.0 Å². The van der Waals surface area contributed by atoms with E-state index >= 15 is 0 Å². The summed E-state index contributed by atoms with van der Waals surface area (Å²) >= 11 is 3.42. The van der Waals surface area contributed by atoms with Crippen LogP contribution in [0.1, 0.15) is 25.8 Å². The quantitative estimate of drug-likeness (QED) is 0.818. The topological polar surface area (TPSA) is 38.3 Å². The second kappa shape index (κ2) is 7.45. The Hall–Kier alpha value is -0.870. The lowest BCUT2D eigenvalue weighted by molar-refractivity contribution is -0.120. The Bertz CT molecular complexity index is 380. The lowest BCUT2D eigenvalue weighted by Crippen LogP contribution is -2.19. The van der Waals surface area contributed by atoms with Gasteiger partial charge < -0.3 is 10.1 Å². The number of amides is 1. The van der Waals surface area contributed by atoms with Crippen LogP contribution in [0.3, 0.4) is 0 Å². The summed E-state index contributed by atoms with van der Waals surface area (Å²) in [6.07, 6.45) is 1.80. The molecule has 1 rings (SSSR count). The number of carbonyl (C=O) groups is 1. The minimum atomic E-state index is -0.101. The van der Waals surface area contributed by atoms with Gasteiger partial charge >= 0.3 is 0 Å². The molecular formula is C13H18BrNO2. The molecule has 94 valence electrons. The number of anilines is 1. The lowest BCUT2D eigenvalue weighted by atomic mass is 10.1. The molecule has 0 fully saturated rings. The first kappa shape index (κ1) is 14.2. The highest BCUT2D eigenvalue weighted by Gasteiger charge is 2.06. The summed E-state index contributed by atoms with van der Waals surface area (Å²) in [6, 6.07) is 5.84. The average molecular weight is 300 g/mol. The van der Waals surface area contributed by atoms with E-state index in [4.69, 9.17) is 4.74 Å². The SMILES string of the molecule is CCCOCC(=O)Nc1ccc(Br)cc1CC. The predicted molar refractivity (Wildman–Crippen MR) is 73.3 cm³/mol. The largest absolute Gasteiger partial charge is 0.372 e. The number of halogens is 1. The van der Waals surface area contributed by atoms with Gasteiger partial charge in [0.1, 0.15) is 6.61 Å². The van der Waals surface area contributed by atoms with Crippen LogP contribution < -0.4 is 5.32 Å². The fourth-order valence-electron chi connectivity index (χ4n) is 1.47. The molecule has 1 aromatic carbocycles. The van der Waals surface area contributed by atoms with Gasteiger partial charge in [-0.25, -0.2) is 0 Å². The first-order chi connectivity index (χ1) is 8.17. The molecule has 0 atom stereocenters. The zero-order valence-electron chi connectivity index (χ0n) is 10.3. The number of nitrogens with one attached hydrogen (secondary N) is 1. The summed E-state index contributed by atoms with van der Waals surface area (Å²) in [5.74, 6) is -0.101. The average Bonchev–Trinajstić information content (AvgIpc) is 2.32. The Labute approximate surface area is 111 Å². The zero-order valence-corrected chi connectivity index (χ0v) is 11.8. The molecule has 0 aromatic heterocycles. The van der Waals surface area contributed by atoms with E-state index in [0.29, 0.717) is 6.61 Å². The van der Waals surface area contributed by atoms with Gasteiger partial charge in [-0.2, -0.15) is 0 Å². The maximum Gasteiger partial charge on any atom is 0.250 e. The van der Waals surface area contributed by atoms with E-state index in [1.165, 1.54) is 0 Å². The molecule has 0 saturated carbocycles. The summed E-state index contributed by atoms with van der Waals surface area (Å²) < 4.78 is 6.22. The van der Waals surface area contributed by atoms with Crippen LogP contribution in [0.4, 0.5) is 5.69 Å². The second-order valence-electron chi connectivity index (χ2n) is 3.76. The molecule has 3 nitrogen and oxygen atoms in total. The van der Waals surface area contributed by atoms with Crippen molar-refractivity contribution in [2.45, 2.75) is 26.7 Å². The molecule has 0 radical (unpaired) electrons. The van der Waals surface area contributed by atoms with E-state index in [0.717, 1.165) is 28.6 Å². The van der Waals surface area contributed by atoms with Crippen LogP contribution in [-0.4, -0.2) is 19.1 Å². The van der Waals surface area contributed by atoms with Crippen LogP contribution in [0.15, 0.2) is 22.7 Å². The van der Waals surface area contributed by atoms with Crippen LogP contribution >= 0.6 is 15.9 Å². The second-order valence-corrected chi connectivity index (χ2v) is 4.67. The Balaban J connectivity index is 2.58. The fraction of sp³-hybridized carbons (Fsp3) is 0.462. The normalized spacial score (nSPS) is 10.3. The zero-order chi connectivity index (χ0) is 12.7. The van der Waals surface area contributed by atoms with Crippen LogP contribution in [0.2, 0.25) is 0 Å². The van der Waals surface area contributed by atoms with Gasteiger partial charge in [0.05, 0.1) is 0 Å². The Morgan fingerprint density at radius 1 is 1.41 bits per heavy atom. The molecule has 17 heavy (non-hydrogen) atoms. The van der Waals surface area contributed by atoms with Crippen molar-refractivity contribution in [2.24, 2.45) is 0 Å². The number of carbonyl (C=O) groups excluding carboxylic acids is 1. The van der Waals surface area contributed by atoms with E-state index in [-0.39, 0.29) is 12.5 Å². The summed E-state index contributed by atoms with van der Waals surface area (Å²) in [6.45, 7) is 4.81. The smallest absolute Gasteiger partial charge is 0.250 e. The van der Waals surface area contributed by atoms with Crippen molar-refractivity contribution in [3.05, 3.63) is 28.2 Å². The fourth-order valence-corrected chi connectivity index (χ4v) is 1.88. The number of benzene rings is 1. The minimum absolute atomic E-state index is 0.101. The lowest BCUT2D eigenvalue weighted by Gasteiger charge is -2.10. The standard InChI is InChI=1S/C13H18BrNO2/c1-3-7-17-9-13(16)15-12-6-5-11(14)8-10(12)4-2/h5-6,8H,3-4,7,9H2,1-2H3,(H,15,16). The van der Waals surface area contributed by atoms with Crippen molar-refractivity contribution in [3.63, 3.8) is 0 Å². The first-order valence-corrected chi connectivity index (χ1v) is 6.62. The summed E-state index contributed by atoms with van der Waals surface area (Å²) in [5.41, 5.74) is 1.98. The van der Waals surface area contributed by atoms with Gasteiger partial charge in [0.25, 0.3) is 0 Å². The molecule has 0 bridgehead atoms. The van der Waals surface area contributed by atoms with E-state index in [2.05, 4.69) is 28.2 Å². The van der Waals surface area contributed by atoms with Crippen LogP contribution in [0.5, 0.6) is 0 Å². The van der Waals surface area contributed by atoms with Gasteiger partial charge in [0.2, 0.25) is 5.91 Å². The van der Waals surface area contributed by atoms with Crippen molar-refractivity contribution in [2.75, 3.05) is 18.5 Å².